The maximum Gasteiger partial charge on any atom is 0.317 e. The highest BCUT2D eigenvalue weighted by molar-refractivity contribution is 5.77. The van der Waals surface area contributed by atoms with Crippen LogP contribution in [0, 0.1) is 5.92 Å². The van der Waals surface area contributed by atoms with Crippen LogP contribution in [0.2, 0.25) is 0 Å². The Morgan fingerprint density at radius 2 is 2.26 bits per heavy atom. The third-order valence-corrected chi connectivity index (χ3v) is 3.59. The third-order valence-electron chi connectivity index (χ3n) is 3.59. The van der Waals surface area contributed by atoms with Crippen molar-refractivity contribution in [2.75, 3.05) is 32.9 Å². The van der Waals surface area contributed by atoms with Crippen LogP contribution in [0.4, 0.5) is 4.79 Å². The van der Waals surface area contributed by atoms with E-state index in [4.69, 9.17) is 9.47 Å². The quantitative estimate of drug-likeness (QED) is 0.769. The van der Waals surface area contributed by atoms with Gasteiger partial charge in [0, 0.05) is 19.7 Å². The van der Waals surface area contributed by atoms with Crippen molar-refractivity contribution >= 4 is 12.0 Å². The number of piperidine rings is 1. The van der Waals surface area contributed by atoms with Crippen molar-refractivity contribution < 1.29 is 19.1 Å². The number of amides is 2. The summed E-state index contributed by atoms with van der Waals surface area (Å²) < 4.78 is 10.3. The molecule has 2 aliphatic rings. The molecule has 1 N–H and O–H groups in total. The van der Waals surface area contributed by atoms with Gasteiger partial charge in [0.1, 0.15) is 0 Å². The Hall–Kier alpha value is -1.30. The summed E-state index contributed by atoms with van der Waals surface area (Å²) in [4.78, 5) is 25.5. The number of likely N-dealkylation sites (tertiary alicyclic amines) is 1. The summed E-state index contributed by atoms with van der Waals surface area (Å²) in [5.74, 6) is -0.372. The minimum Gasteiger partial charge on any atom is -0.466 e. The molecule has 0 aromatic heterocycles. The van der Waals surface area contributed by atoms with Crippen LogP contribution in [0.15, 0.2) is 0 Å². The monoisotopic (exact) mass is 270 g/mol. The summed E-state index contributed by atoms with van der Waals surface area (Å²) in [6.45, 7) is 4.64. The lowest BCUT2D eigenvalue weighted by Crippen LogP contribution is -2.50. The molecule has 108 valence electrons. The van der Waals surface area contributed by atoms with Gasteiger partial charge in [-0.2, -0.15) is 0 Å². The van der Waals surface area contributed by atoms with E-state index in [1.165, 1.54) is 0 Å². The average Bonchev–Trinajstić information content (AvgIpc) is 2.92. The Morgan fingerprint density at radius 1 is 1.42 bits per heavy atom. The first-order chi connectivity index (χ1) is 9.20. The molecular formula is C13H22N2O4. The Labute approximate surface area is 113 Å². The number of carbonyl (C=O) groups excluding carboxylic acids is 2. The largest absolute Gasteiger partial charge is 0.466 e. The fourth-order valence-electron chi connectivity index (χ4n) is 2.53. The second-order valence-corrected chi connectivity index (χ2v) is 5.05. The van der Waals surface area contributed by atoms with Crippen LogP contribution >= 0.6 is 0 Å². The highest BCUT2D eigenvalue weighted by atomic mass is 16.5. The van der Waals surface area contributed by atoms with E-state index < -0.39 is 0 Å². The first-order valence-corrected chi connectivity index (χ1v) is 7.00. The minimum absolute atomic E-state index is 0.0931. The molecule has 0 radical (unpaired) electrons. The number of hydrogen-bond donors (Lipinski definition) is 1. The van der Waals surface area contributed by atoms with Crippen molar-refractivity contribution in [1.29, 1.82) is 0 Å². The van der Waals surface area contributed by atoms with Gasteiger partial charge in [-0.1, -0.05) is 0 Å². The van der Waals surface area contributed by atoms with Crippen LogP contribution in [-0.4, -0.2) is 55.9 Å². The maximum absolute atomic E-state index is 12.1. The number of ether oxygens (including phenoxy) is 2. The van der Waals surface area contributed by atoms with Gasteiger partial charge in [-0.05, 0) is 26.2 Å². The van der Waals surface area contributed by atoms with E-state index in [0.717, 1.165) is 19.3 Å². The molecule has 2 saturated heterocycles. The van der Waals surface area contributed by atoms with Crippen molar-refractivity contribution in [3.63, 3.8) is 0 Å². The Kier molecular flexibility index (Phi) is 5.01. The van der Waals surface area contributed by atoms with E-state index in [9.17, 15) is 9.59 Å². The highest BCUT2D eigenvalue weighted by Crippen LogP contribution is 2.18. The highest BCUT2D eigenvalue weighted by Gasteiger charge is 2.30. The standard InChI is InChI=1S/C13H22N2O4/c1-2-19-12(16)10-4-3-6-15(8-10)13(17)14-11-5-7-18-9-11/h10-11H,2-9H2,1H3,(H,14,17). The lowest BCUT2D eigenvalue weighted by Gasteiger charge is -2.32. The number of nitrogens with zero attached hydrogens (tertiary/aromatic N) is 1. The number of carbonyl (C=O) groups is 2. The number of rotatable bonds is 3. The zero-order valence-electron chi connectivity index (χ0n) is 11.4. The lowest BCUT2D eigenvalue weighted by atomic mass is 9.98. The molecule has 2 aliphatic heterocycles. The fraction of sp³-hybridized carbons (Fsp3) is 0.846. The minimum atomic E-state index is -0.191. The van der Waals surface area contributed by atoms with Gasteiger partial charge >= 0.3 is 12.0 Å². The van der Waals surface area contributed by atoms with E-state index in [1.54, 1.807) is 11.8 Å². The molecule has 2 atom stereocenters. The molecule has 6 nitrogen and oxygen atoms in total. The summed E-state index contributed by atoms with van der Waals surface area (Å²) in [5.41, 5.74) is 0. The van der Waals surface area contributed by atoms with Gasteiger partial charge in [0.25, 0.3) is 0 Å². The molecule has 0 bridgehead atoms. The average molecular weight is 270 g/mol. The van der Waals surface area contributed by atoms with Crippen LogP contribution in [-0.2, 0) is 14.3 Å². The molecule has 2 amide bonds. The van der Waals surface area contributed by atoms with Gasteiger partial charge in [0.15, 0.2) is 0 Å². The van der Waals surface area contributed by atoms with Crippen molar-refractivity contribution in [3.05, 3.63) is 0 Å². The number of esters is 1. The van der Waals surface area contributed by atoms with E-state index in [0.29, 0.717) is 32.9 Å². The molecule has 19 heavy (non-hydrogen) atoms. The Morgan fingerprint density at radius 3 is 2.95 bits per heavy atom. The summed E-state index contributed by atoms with van der Waals surface area (Å²) >= 11 is 0. The number of nitrogens with one attached hydrogen (secondary N) is 1. The Balaban J connectivity index is 1.82. The smallest absolute Gasteiger partial charge is 0.317 e. The summed E-state index contributed by atoms with van der Waals surface area (Å²) in [6.07, 6.45) is 2.51. The van der Waals surface area contributed by atoms with Crippen molar-refractivity contribution in [1.82, 2.24) is 10.2 Å². The topological polar surface area (TPSA) is 67.9 Å². The molecule has 2 rings (SSSR count). The van der Waals surface area contributed by atoms with E-state index in [2.05, 4.69) is 5.32 Å². The van der Waals surface area contributed by atoms with Gasteiger partial charge in [0.05, 0.1) is 25.2 Å². The summed E-state index contributed by atoms with van der Waals surface area (Å²) in [6, 6.07) is 0.0139. The molecular weight excluding hydrogens is 248 g/mol. The molecule has 0 aromatic carbocycles. The predicted octanol–water partition coefficient (Wildman–Crippen LogP) is 0.760. The van der Waals surface area contributed by atoms with Gasteiger partial charge in [-0.15, -0.1) is 0 Å². The van der Waals surface area contributed by atoms with Crippen LogP contribution in [0.1, 0.15) is 26.2 Å². The first-order valence-electron chi connectivity index (χ1n) is 7.00. The molecule has 6 heteroatoms. The summed E-state index contributed by atoms with van der Waals surface area (Å²) in [5, 5.41) is 2.95. The van der Waals surface area contributed by atoms with E-state index in [1.807, 2.05) is 0 Å². The fourth-order valence-corrected chi connectivity index (χ4v) is 2.53. The molecule has 0 spiro atoms. The second-order valence-electron chi connectivity index (χ2n) is 5.05. The Bertz CT molecular complexity index is 329. The zero-order chi connectivity index (χ0) is 13.7. The number of hydrogen-bond acceptors (Lipinski definition) is 4. The van der Waals surface area contributed by atoms with Crippen LogP contribution in [0.25, 0.3) is 0 Å². The van der Waals surface area contributed by atoms with Gasteiger partial charge in [0.2, 0.25) is 0 Å². The lowest BCUT2D eigenvalue weighted by molar-refractivity contribution is -0.149. The second kappa shape index (κ2) is 6.75. The van der Waals surface area contributed by atoms with Gasteiger partial charge in [-0.3, -0.25) is 4.79 Å². The van der Waals surface area contributed by atoms with Crippen LogP contribution in [0.5, 0.6) is 0 Å². The van der Waals surface area contributed by atoms with Crippen LogP contribution < -0.4 is 5.32 Å². The normalized spacial score (nSPS) is 27.1. The molecule has 0 aliphatic carbocycles. The molecule has 0 saturated carbocycles. The SMILES string of the molecule is CCOC(=O)C1CCCN(C(=O)NC2CCOC2)C1. The number of urea groups is 1. The zero-order valence-corrected chi connectivity index (χ0v) is 11.4. The van der Waals surface area contributed by atoms with Crippen molar-refractivity contribution in [3.8, 4) is 0 Å². The third kappa shape index (κ3) is 3.83. The molecule has 0 aromatic rings. The predicted molar refractivity (Wildman–Crippen MR) is 68.7 cm³/mol. The van der Waals surface area contributed by atoms with E-state index in [-0.39, 0.29) is 24.0 Å². The van der Waals surface area contributed by atoms with Gasteiger partial charge in [-0.25, -0.2) is 4.79 Å². The first kappa shape index (κ1) is 14.1. The van der Waals surface area contributed by atoms with Crippen LogP contribution in [0.3, 0.4) is 0 Å². The molecule has 2 unspecified atom stereocenters. The maximum atomic E-state index is 12.1. The summed E-state index contributed by atoms with van der Waals surface area (Å²) in [7, 11) is 0. The van der Waals surface area contributed by atoms with Crippen molar-refractivity contribution in [2.24, 2.45) is 5.92 Å². The van der Waals surface area contributed by atoms with Crippen molar-refractivity contribution in [2.45, 2.75) is 32.2 Å². The van der Waals surface area contributed by atoms with Gasteiger partial charge < -0.3 is 19.7 Å². The van der Waals surface area contributed by atoms with E-state index >= 15 is 0 Å². The molecule has 2 fully saturated rings. The molecule has 2 heterocycles.